The maximum absolute atomic E-state index is 13.4. The number of rotatable bonds is 5. The largest absolute Gasteiger partial charge is 0.503 e. The molecule has 7 heteroatoms. The normalized spacial score (nSPS) is 16.3. The van der Waals surface area contributed by atoms with Gasteiger partial charge in [-0.1, -0.05) is 18.2 Å². The van der Waals surface area contributed by atoms with Crippen molar-refractivity contribution >= 4 is 22.7 Å². The predicted octanol–water partition coefficient (Wildman–Crippen LogP) is 4.00. The molecule has 31 heavy (non-hydrogen) atoms. The summed E-state index contributed by atoms with van der Waals surface area (Å²) in [4.78, 5) is 35.9. The van der Waals surface area contributed by atoms with Crippen LogP contribution in [0.5, 0.6) is 0 Å². The lowest BCUT2D eigenvalue weighted by atomic mass is 9.95. The van der Waals surface area contributed by atoms with Crippen molar-refractivity contribution in [3.63, 3.8) is 0 Å². The number of furan rings is 1. The van der Waals surface area contributed by atoms with Gasteiger partial charge < -0.3 is 14.4 Å². The summed E-state index contributed by atoms with van der Waals surface area (Å²) in [5.74, 6) is -1.64. The molecule has 3 aromatic heterocycles. The number of ketones is 1. The van der Waals surface area contributed by atoms with E-state index in [4.69, 9.17) is 4.42 Å². The number of hydrogen-bond acceptors (Lipinski definition) is 6. The Bertz CT molecular complexity index is 1280. The molecular weight excluding hydrogens is 394 g/mol. The number of carbonyl (C=O) groups excluding carboxylic acids is 2. The van der Waals surface area contributed by atoms with Gasteiger partial charge in [0.2, 0.25) is 5.78 Å². The predicted molar refractivity (Wildman–Crippen MR) is 112 cm³/mol. The molecule has 0 saturated heterocycles. The molecule has 1 amide bonds. The van der Waals surface area contributed by atoms with E-state index in [0.29, 0.717) is 11.1 Å². The molecule has 1 N–H and O–H groups in total. The first-order valence-corrected chi connectivity index (χ1v) is 9.69. The van der Waals surface area contributed by atoms with E-state index >= 15 is 0 Å². The van der Waals surface area contributed by atoms with Crippen LogP contribution in [0.25, 0.3) is 11.0 Å². The highest BCUT2D eigenvalue weighted by Gasteiger charge is 2.44. The standard InChI is InChI=1S/C24H17N3O4/c28-22(19-13-17-3-1-2-4-18(17)31-19)20-21(16-7-11-26-12-8-16)27(24(30)23(20)29)14-15-5-9-25-10-6-15/h1-13,21,29H,14H2/t21-/m0/s1. The third kappa shape index (κ3) is 3.26. The van der Waals surface area contributed by atoms with Gasteiger partial charge in [0.1, 0.15) is 5.58 Å². The molecule has 7 nitrogen and oxygen atoms in total. The molecule has 0 radical (unpaired) electrons. The van der Waals surface area contributed by atoms with Gasteiger partial charge in [-0.3, -0.25) is 19.6 Å². The summed E-state index contributed by atoms with van der Waals surface area (Å²) in [6, 6.07) is 15.1. The monoisotopic (exact) mass is 411 g/mol. The van der Waals surface area contributed by atoms with E-state index in [1.807, 2.05) is 18.2 Å². The smallest absolute Gasteiger partial charge is 0.290 e. The summed E-state index contributed by atoms with van der Waals surface area (Å²) in [7, 11) is 0. The van der Waals surface area contributed by atoms with Crippen LogP contribution in [0.2, 0.25) is 0 Å². The molecule has 1 atom stereocenters. The van der Waals surface area contributed by atoms with Gasteiger partial charge >= 0.3 is 0 Å². The van der Waals surface area contributed by atoms with Crippen molar-refractivity contribution in [3.05, 3.63) is 108 Å². The fourth-order valence-corrected chi connectivity index (χ4v) is 3.85. The van der Waals surface area contributed by atoms with Crippen LogP contribution in [0, 0.1) is 0 Å². The first kappa shape index (κ1) is 18.7. The van der Waals surface area contributed by atoms with Gasteiger partial charge in [0, 0.05) is 36.7 Å². The Morgan fingerprint density at radius 3 is 2.39 bits per heavy atom. The van der Waals surface area contributed by atoms with E-state index in [1.165, 1.54) is 4.90 Å². The van der Waals surface area contributed by atoms with Gasteiger partial charge in [0.25, 0.3) is 5.91 Å². The summed E-state index contributed by atoms with van der Waals surface area (Å²) in [6.07, 6.45) is 6.43. The molecule has 0 bridgehead atoms. The van der Waals surface area contributed by atoms with E-state index in [1.54, 1.807) is 61.2 Å². The number of aliphatic hydroxyl groups is 1. The van der Waals surface area contributed by atoms with E-state index in [0.717, 1.165) is 10.9 Å². The Balaban J connectivity index is 1.59. The van der Waals surface area contributed by atoms with Gasteiger partial charge in [-0.15, -0.1) is 0 Å². The molecule has 152 valence electrons. The topological polar surface area (TPSA) is 96.5 Å². The van der Waals surface area contributed by atoms with Crippen LogP contribution in [0.15, 0.2) is 95.1 Å². The molecule has 1 aliphatic heterocycles. The Morgan fingerprint density at radius 1 is 1.00 bits per heavy atom. The molecule has 0 aliphatic carbocycles. The first-order valence-electron chi connectivity index (χ1n) is 9.69. The Labute approximate surface area is 177 Å². The molecule has 4 aromatic rings. The summed E-state index contributed by atoms with van der Waals surface area (Å²) in [5.41, 5.74) is 2.04. The van der Waals surface area contributed by atoms with E-state index in [2.05, 4.69) is 9.97 Å². The van der Waals surface area contributed by atoms with Crippen molar-refractivity contribution in [3.8, 4) is 0 Å². The van der Waals surface area contributed by atoms with Crippen LogP contribution < -0.4 is 0 Å². The Kier molecular flexibility index (Phi) is 4.55. The molecular formula is C24H17N3O4. The third-order valence-corrected chi connectivity index (χ3v) is 5.32. The fraction of sp³-hybridized carbons (Fsp3) is 0.0833. The average molecular weight is 411 g/mol. The van der Waals surface area contributed by atoms with Crippen LogP contribution in [-0.4, -0.2) is 31.7 Å². The van der Waals surface area contributed by atoms with Gasteiger partial charge in [0.15, 0.2) is 11.5 Å². The zero-order chi connectivity index (χ0) is 21.4. The van der Waals surface area contributed by atoms with Crippen molar-refractivity contribution in [2.45, 2.75) is 12.6 Å². The van der Waals surface area contributed by atoms with Crippen molar-refractivity contribution < 1.29 is 19.1 Å². The lowest BCUT2D eigenvalue weighted by Crippen LogP contribution is -2.30. The van der Waals surface area contributed by atoms with Gasteiger partial charge in [-0.2, -0.15) is 0 Å². The minimum atomic E-state index is -0.774. The number of Topliss-reactive ketones (excluding diaryl/α,β-unsaturated/α-hetero) is 1. The Morgan fingerprint density at radius 2 is 1.68 bits per heavy atom. The zero-order valence-electron chi connectivity index (χ0n) is 16.3. The van der Waals surface area contributed by atoms with Gasteiger partial charge in [-0.05, 0) is 47.5 Å². The minimum Gasteiger partial charge on any atom is -0.503 e. The summed E-state index contributed by atoms with van der Waals surface area (Å²) >= 11 is 0. The number of benzene rings is 1. The van der Waals surface area contributed by atoms with Crippen LogP contribution in [0.1, 0.15) is 27.7 Å². The third-order valence-electron chi connectivity index (χ3n) is 5.32. The number of carbonyl (C=O) groups is 2. The van der Waals surface area contributed by atoms with Crippen molar-refractivity contribution in [2.75, 3.05) is 0 Å². The molecule has 0 fully saturated rings. The molecule has 1 aromatic carbocycles. The second-order valence-electron chi connectivity index (χ2n) is 7.21. The van der Waals surface area contributed by atoms with Crippen molar-refractivity contribution in [2.24, 2.45) is 0 Å². The second-order valence-corrected chi connectivity index (χ2v) is 7.21. The van der Waals surface area contributed by atoms with Crippen LogP contribution in [-0.2, 0) is 11.3 Å². The van der Waals surface area contributed by atoms with Crippen molar-refractivity contribution in [1.29, 1.82) is 0 Å². The molecule has 0 saturated carbocycles. The summed E-state index contributed by atoms with van der Waals surface area (Å²) in [5, 5.41) is 11.5. The van der Waals surface area contributed by atoms with E-state index in [9.17, 15) is 14.7 Å². The number of fused-ring (bicyclic) bond motifs is 1. The minimum absolute atomic E-state index is 0.00990. The Hall–Kier alpha value is -4.26. The molecule has 1 aliphatic rings. The molecule has 5 rings (SSSR count). The maximum Gasteiger partial charge on any atom is 0.290 e. The number of aliphatic hydroxyl groups excluding tert-OH is 1. The maximum atomic E-state index is 13.4. The first-order chi connectivity index (χ1) is 15.1. The highest BCUT2D eigenvalue weighted by molar-refractivity contribution is 6.15. The van der Waals surface area contributed by atoms with Gasteiger partial charge in [-0.25, -0.2) is 0 Å². The second kappa shape index (κ2) is 7.53. The number of hydrogen-bond donors (Lipinski definition) is 1. The van der Waals surface area contributed by atoms with E-state index in [-0.39, 0.29) is 17.9 Å². The SMILES string of the molecule is O=C(C1=C(O)C(=O)N(Cc2ccncc2)[C@H]1c1ccncc1)c1cc2ccccc2o1. The number of nitrogens with zero attached hydrogens (tertiary/aromatic N) is 3. The number of aromatic nitrogens is 2. The van der Waals surface area contributed by atoms with E-state index < -0.39 is 23.5 Å². The van der Waals surface area contributed by atoms with Crippen molar-refractivity contribution in [1.82, 2.24) is 14.9 Å². The number of pyridine rings is 2. The average Bonchev–Trinajstić information content (AvgIpc) is 3.35. The lowest BCUT2D eigenvalue weighted by molar-refractivity contribution is -0.130. The highest BCUT2D eigenvalue weighted by atomic mass is 16.3. The summed E-state index contributed by atoms with van der Waals surface area (Å²) in [6.45, 7) is 0.204. The van der Waals surface area contributed by atoms with Crippen LogP contribution in [0.3, 0.4) is 0 Å². The van der Waals surface area contributed by atoms with Crippen LogP contribution >= 0.6 is 0 Å². The van der Waals surface area contributed by atoms with Crippen LogP contribution in [0.4, 0.5) is 0 Å². The quantitative estimate of drug-likeness (QED) is 0.499. The fourth-order valence-electron chi connectivity index (χ4n) is 3.85. The lowest BCUT2D eigenvalue weighted by Gasteiger charge is -2.26. The molecule has 0 unspecified atom stereocenters. The summed E-state index contributed by atoms with van der Waals surface area (Å²) < 4.78 is 5.72. The zero-order valence-corrected chi connectivity index (χ0v) is 16.3. The molecule has 4 heterocycles. The van der Waals surface area contributed by atoms with Gasteiger partial charge in [0.05, 0.1) is 11.6 Å². The number of amides is 1. The molecule has 0 spiro atoms. The highest BCUT2D eigenvalue weighted by Crippen LogP contribution is 2.40. The number of para-hydroxylation sites is 1.